The lowest BCUT2D eigenvalue weighted by Gasteiger charge is -2.18. The molecule has 1 aliphatic carbocycles. The van der Waals surface area contributed by atoms with Gasteiger partial charge in [0.25, 0.3) is 0 Å². The van der Waals surface area contributed by atoms with Crippen LogP contribution >= 0.6 is 23.4 Å². The number of nitrogens with zero attached hydrogens (tertiary/aromatic N) is 1. The summed E-state index contributed by atoms with van der Waals surface area (Å²) < 4.78 is 0. The predicted molar refractivity (Wildman–Crippen MR) is 53.7 cm³/mol. The smallest absolute Gasteiger partial charge is 0.0830 e. The second-order valence-corrected chi connectivity index (χ2v) is 3.74. The van der Waals surface area contributed by atoms with Crippen LogP contribution in [0.5, 0.6) is 0 Å². The van der Waals surface area contributed by atoms with Crippen molar-refractivity contribution in [2.45, 2.75) is 11.3 Å². The molecule has 0 fully saturated rings. The largest absolute Gasteiger partial charge is 0.292 e. The fourth-order valence-corrected chi connectivity index (χ4v) is 2.00. The van der Waals surface area contributed by atoms with Crippen LogP contribution < -0.4 is 0 Å². The fourth-order valence-electron chi connectivity index (χ4n) is 0.983. The van der Waals surface area contributed by atoms with Crippen molar-refractivity contribution >= 4 is 30.1 Å². The zero-order valence-electron chi connectivity index (χ0n) is 6.33. The first kappa shape index (κ1) is 8.88. The molecule has 1 aliphatic rings. The third-order valence-electron chi connectivity index (χ3n) is 1.60. The lowest BCUT2D eigenvalue weighted by molar-refractivity contribution is 0.850. The van der Waals surface area contributed by atoms with Crippen molar-refractivity contribution in [3.63, 3.8) is 0 Å². The van der Waals surface area contributed by atoms with Gasteiger partial charge in [-0.15, -0.1) is 0 Å². The van der Waals surface area contributed by atoms with Crippen molar-refractivity contribution in [1.82, 2.24) is 0 Å². The summed E-state index contributed by atoms with van der Waals surface area (Å²) in [5.41, 5.74) is 0. The Labute approximate surface area is 76.2 Å². The van der Waals surface area contributed by atoms with Gasteiger partial charge in [0.2, 0.25) is 0 Å². The molecule has 0 bridgehead atoms. The summed E-state index contributed by atoms with van der Waals surface area (Å²) >= 11 is 7.55. The van der Waals surface area contributed by atoms with E-state index in [1.54, 1.807) is 11.8 Å². The van der Waals surface area contributed by atoms with E-state index >= 15 is 0 Å². The minimum atomic E-state index is 0.187. The van der Waals surface area contributed by atoms with E-state index in [0.29, 0.717) is 5.25 Å². The van der Waals surface area contributed by atoms with E-state index < -0.39 is 0 Å². The quantitative estimate of drug-likeness (QED) is 0.606. The normalized spacial score (nSPS) is 29.8. The van der Waals surface area contributed by atoms with E-state index in [1.807, 2.05) is 24.5 Å². The van der Waals surface area contributed by atoms with Crippen molar-refractivity contribution in [2.75, 3.05) is 6.26 Å². The van der Waals surface area contributed by atoms with Gasteiger partial charge in [0.15, 0.2) is 0 Å². The van der Waals surface area contributed by atoms with Crippen LogP contribution in [0.25, 0.3) is 0 Å². The lowest BCUT2D eigenvalue weighted by atomic mass is 10.1. The third-order valence-corrected chi connectivity index (χ3v) is 2.81. The van der Waals surface area contributed by atoms with E-state index in [0.717, 1.165) is 5.03 Å². The van der Waals surface area contributed by atoms with E-state index in [1.165, 1.54) is 0 Å². The summed E-state index contributed by atoms with van der Waals surface area (Å²) in [4.78, 5) is 3.97. The molecule has 0 spiro atoms. The number of thioether (sulfide) groups is 1. The molecule has 0 radical (unpaired) electrons. The molecule has 0 saturated heterocycles. The fraction of sp³-hybridized carbons (Fsp3) is 0.375. The molecule has 3 heteroatoms. The summed E-state index contributed by atoms with van der Waals surface area (Å²) in [5, 5.41) is 1.15. The molecule has 11 heavy (non-hydrogen) atoms. The minimum Gasteiger partial charge on any atom is -0.292 e. The van der Waals surface area contributed by atoms with Crippen LogP contribution in [-0.4, -0.2) is 24.3 Å². The lowest BCUT2D eigenvalue weighted by Crippen LogP contribution is -2.18. The Bertz CT molecular complexity index is 210. The van der Waals surface area contributed by atoms with Crippen LogP contribution in [0.2, 0.25) is 0 Å². The maximum Gasteiger partial charge on any atom is 0.0830 e. The molecular weight excluding hydrogens is 178 g/mol. The molecule has 2 unspecified atom stereocenters. The number of allylic oxidation sites excluding steroid dienone is 2. The monoisotopic (exact) mass is 187 g/mol. The van der Waals surface area contributed by atoms with Crippen molar-refractivity contribution in [2.24, 2.45) is 4.99 Å². The first-order chi connectivity index (χ1) is 5.27. The number of halogens is 1. The first-order valence-corrected chi connectivity index (χ1v) is 4.98. The van der Waals surface area contributed by atoms with Gasteiger partial charge in [0.1, 0.15) is 0 Å². The molecule has 1 rings (SSSR count). The highest BCUT2D eigenvalue weighted by Crippen LogP contribution is 2.24. The average Bonchev–Trinajstić information content (AvgIpc) is 2.04. The summed E-state index contributed by atoms with van der Waals surface area (Å²) in [6.45, 7) is 3.52. The van der Waals surface area contributed by atoms with Crippen LogP contribution in [0, 0.1) is 0 Å². The zero-order chi connectivity index (χ0) is 8.27. The molecule has 0 aromatic heterocycles. The van der Waals surface area contributed by atoms with Crippen molar-refractivity contribution in [3.05, 3.63) is 23.3 Å². The average molecular weight is 188 g/mol. The molecule has 0 heterocycles. The number of hydrogen-bond acceptors (Lipinski definition) is 2. The topological polar surface area (TPSA) is 12.4 Å². The molecule has 0 aliphatic heterocycles. The van der Waals surface area contributed by atoms with Crippen molar-refractivity contribution in [1.29, 1.82) is 0 Å². The summed E-state index contributed by atoms with van der Waals surface area (Å²) in [6, 6.07) is 0.187. The van der Waals surface area contributed by atoms with Crippen molar-refractivity contribution in [3.8, 4) is 0 Å². The number of hydrogen-bond donors (Lipinski definition) is 0. The summed E-state index contributed by atoms with van der Waals surface area (Å²) in [5.74, 6) is 0. The third kappa shape index (κ3) is 2.11. The predicted octanol–water partition coefficient (Wildman–Crippen LogP) is 2.48. The van der Waals surface area contributed by atoms with Crippen LogP contribution in [0.3, 0.4) is 0 Å². The van der Waals surface area contributed by atoms with Gasteiger partial charge < -0.3 is 0 Å². The second-order valence-electron chi connectivity index (χ2n) is 2.28. The molecule has 0 amide bonds. The molecule has 0 aromatic carbocycles. The van der Waals surface area contributed by atoms with Gasteiger partial charge in [-0.1, -0.05) is 23.8 Å². The highest BCUT2D eigenvalue weighted by molar-refractivity contribution is 7.99. The molecular formula is C8H10ClNS. The van der Waals surface area contributed by atoms with Crippen LogP contribution in [0.1, 0.15) is 0 Å². The molecule has 1 nitrogen and oxygen atoms in total. The maximum atomic E-state index is 5.81. The second kappa shape index (κ2) is 3.98. The van der Waals surface area contributed by atoms with Gasteiger partial charge in [0, 0.05) is 5.03 Å². The van der Waals surface area contributed by atoms with Gasteiger partial charge in [-0.25, -0.2) is 0 Å². The highest BCUT2D eigenvalue weighted by Gasteiger charge is 2.17. The SMILES string of the molecule is C=NC1C=CC(Cl)=CC1SC. The van der Waals surface area contributed by atoms with Gasteiger partial charge in [-0.2, -0.15) is 11.8 Å². The van der Waals surface area contributed by atoms with Gasteiger partial charge in [0.05, 0.1) is 11.3 Å². The highest BCUT2D eigenvalue weighted by atomic mass is 35.5. The number of rotatable bonds is 2. The number of aliphatic imine (C=N–C) groups is 1. The van der Waals surface area contributed by atoms with Crippen molar-refractivity contribution < 1.29 is 0 Å². The van der Waals surface area contributed by atoms with Crippen LogP contribution in [0.4, 0.5) is 0 Å². The maximum absolute atomic E-state index is 5.81. The Hall–Kier alpha value is -0.210. The molecule has 2 atom stereocenters. The van der Waals surface area contributed by atoms with Gasteiger partial charge in [-0.05, 0) is 19.0 Å². The standard InChI is InChI=1S/C8H10ClNS/c1-10-7-4-3-6(9)5-8(7)11-2/h3-5,7-8H,1H2,2H3. The summed E-state index contributed by atoms with van der Waals surface area (Å²) in [6.07, 6.45) is 7.90. The molecule has 0 N–H and O–H groups in total. The molecule has 0 saturated carbocycles. The van der Waals surface area contributed by atoms with Crippen LogP contribution in [0.15, 0.2) is 28.3 Å². The Morgan fingerprint density at radius 3 is 3.00 bits per heavy atom. The van der Waals surface area contributed by atoms with Gasteiger partial charge in [-0.3, -0.25) is 4.99 Å². The Morgan fingerprint density at radius 2 is 2.45 bits per heavy atom. The minimum absolute atomic E-state index is 0.187. The molecule has 0 aromatic rings. The Kier molecular flexibility index (Phi) is 3.21. The summed E-state index contributed by atoms with van der Waals surface area (Å²) in [7, 11) is 0. The van der Waals surface area contributed by atoms with Crippen LogP contribution in [-0.2, 0) is 0 Å². The van der Waals surface area contributed by atoms with E-state index in [-0.39, 0.29) is 6.04 Å². The van der Waals surface area contributed by atoms with E-state index in [2.05, 4.69) is 11.7 Å². The van der Waals surface area contributed by atoms with E-state index in [9.17, 15) is 0 Å². The Morgan fingerprint density at radius 1 is 1.73 bits per heavy atom. The van der Waals surface area contributed by atoms with E-state index in [4.69, 9.17) is 11.6 Å². The molecule has 60 valence electrons. The van der Waals surface area contributed by atoms with Gasteiger partial charge >= 0.3 is 0 Å². The first-order valence-electron chi connectivity index (χ1n) is 3.32. The zero-order valence-corrected chi connectivity index (χ0v) is 7.90. The Balaban J connectivity index is 2.74.